The molecule has 0 spiro atoms. The molecular formula is C59H115NO5. The molecule has 0 aliphatic heterocycles. The van der Waals surface area contributed by atoms with E-state index in [0.717, 1.165) is 57.8 Å². The van der Waals surface area contributed by atoms with E-state index in [0.29, 0.717) is 19.4 Å². The molecule has 2 atom stereocenters. The van der Waals surface area contributed by atoms with E-state index in [1.54, 1.807) is 6.08 Å². The molecule has 0 fully saturated rings. The number of unbranched alkanes of at least 4 members (excludes halogenated alkanes) is 44. The molecule has 0 radical (unpaired) electrons. The Morgan fingerprint density at radius 1 is 0.415 bits per heavy atom. The highest BCUT2D eigenvalue weighted by molar-refractivity contribution is 5.76. The number of carbonyl (C=O) groups is 2. The van der Waals surface area contributed by atoms with Crippen LogP contribution in [0.25, 0.3) is 0 Å². The number of rotatable bonds is 55. The van der Waals surface area contributed by atoms with Crippen molar-refractivity contribution < 1.29 is 24.5 Å². The fourth-order valence-corrected chi connectivity index (χ4v) is 9.28. The maximum Gasteiger partial charge on any atom is 0.305 e. The minimum Gasteiger partial charge on any atom is -0.466 e. The molecule has 3 N–H and O–H groups in total. The summed E-state index contributed by atoms with van der Waals surface area (Å²) in [5.41, 5.74) is 0. The Labute approximate surface area is 406 Å². The summed E-state index contributed by atoms with van der Waals surface area (Å²) in [5, 5.41) is 23.2. The lowest BCUT2D eigenvalue weighted by atomic mass is 10.0. The smallest absolute Gasteiger partial charge is 0.305 e. The second-order valence-electron chi connectivity index (χ2n) is 20.3. The van der Waals surface area contributed by atoms with E-state index < -0.39 is 12.1 Å². The average Bonchev–Trinajstić information content (AvgIpc) is 3.31. The highest BCUT2D eigenvalue weighted by Gasteiger charge is 2.18. The third kappa shape index (κ3) is 51.8. The van der Waals surface area contributed by atoms with E-state index in [1.807, 2.05) is 6.08 Å². The second-order valence-corrected chi connectivity index (χ2v) is 20.3. The van der Waals surface area contributed by atoms with Gasteiger partial charge in [-0.2, -0.15) is 0 Å². The molecule has 65 heavy (non-hydrogen) atoms. The standard InChI is InChI=1S/C59H115NO5/c1-3-5-7-9-11-13-15-17-19-20-21-22-23-25-27-31-35-39-43-47-51-57(62)56(55-61)60-58(63)52-48-44-40-36-32-28-26-30-34-38-42-46-50-54-65-59(64)53-49-45-41-37-33-29-24-18-16-14-12-10-8-6-4-2/h47,51,56-57,61-62H,3-46,48-50,52-55H2,1-2H3,(H,60,63)/b51-47+. The van der Waals surface area contributed by atoms with Gasteiger partial charge in [-0.15, -0.1) is 0 Å². The van der Waals surface area contributed by atoms with Crippen LogP contribution in [0.3, 0.4) is 0 Å². The van der Waals surface area contributed by atoms with Crippen molar-refractivity contribution in [3.8, 4) is 0 Å². The average molecular weight is 919 g/mol. The molecule has 0 aromatic heterocycles. The molecule has 6 nitrogen and oxygen atoms in total. The van der Waals surface area contributed by atoms with Crippen molar-refractivity contribution in [1.29, 1.82) is 0 Å². The van der Waals surface area contributed by atoms with Crippen LogP contribution in [0.1, 0.15) is 328 Å². The lowest BCUT2D eigenvalue weighted by molar-refractivity contribution is -0.143. The third-order valence-electron chi connectivity index (χ3n) is 13.8. The van der Waals surface area contributed by atoms with Crippen molar-refractivity contribution in [3.63, 3.8) is 0 Å². The molecule has 0 aromatic carbocycles. The van der Waals surface area contributed by atoms with E-state index in [4.69, 9.17) is 4.74 Å². The third-order valence-corrected chi connectivity index (χ3v) is 13.8. The highest BCUT2D eigenvalue weighted by atomic mass is 16.5. The van der Waals surface area contributed by atoms with E-state index in [1.165, 1.54) is 244 Å². The molecule has 0 saturated carbocycles. The molecule has 0 aliphatic carbocycles. The number of nitrogens with one attached hydrogen (secondary N) is 1. The number of hydrogen-bond donors (Lipinski definition) is 3. The first-order valence-electron chi connectivity index (χ1n) is 29.5. The quantitative estimate of drug-likeness (QED) is 0.0321. The van der Waals surface area contributed by atoms with Gasteiger partial charge in [0.1, 0.15) is 0 Å². The first kappa shape index (κ1) is 63.6. The van der Waals surface area contributed by atoms with E-state index in [2.05, 4.69) is 19.2 Å². The van der Waals surface area contributed by atoms with E-state index in [9.17, 15) is 19.8 Å². The lowest BCUT2D eigenvalue weighted by Crippen LogP contribution is -2.45. The second kappa shape index (κ2) is 55.2. The maximum atomic E-state index is 12.5. The summed E-state index contributed by atoms with van der Waals surface area (Å²) < 4.78 is 5.48. The van der Waals surface area contributed by atoms with Crippen molar-refractivity contribution >= 4 is 11.9 Å². The van der Waals surface area contributed by atoms with Crippen molar-refractivity contribution in [3.05, 3.63) is 12.2 Å². The number of esters is 1. The van der Waals surface area contributed by atoms with Gasteiger partial charge < -0.3 is 20.3 Å². The van der Waals surface area contributed by atoms with Gasteiger partial charge >= 0.3 is 5.97 Å². The number of amides is 1. The Balaban J connectivity index is 3.47. The summed E-state index contributed by atoms with van der Waals surface area (Å²) in [6.45, 7) is 4.90. The predicted molar refractivity (Wildman–Crippen MR) is 283 cm³/mol. The van der Waals surface area contributed by atoms with Gasteiger partial charge in [0.15, 0.2) is 0 Å². The van der Waals surface area contributed by atoms with Crippen LogP contribution in [0.5, 0.6) is 0 Å². The van der Waals surface area contributed by atoms with Crippen LogP contribution >= 0.6 is 0 Å². The zero-order valence-electron chi connectivity index (χ0n) is 44.0. The molecule has 0 rings (SSSR count). The fourth-order valence-electron chi connectivity index (χ4n) is 9.28. The van der Waals surface area contributed by atoms with E-state index in [-0.39, 0.29) is 18.5 Å². The van der Waals surface area contributed by atoms with Gasteiger partial charge in [-0.05, 0) is 32.1 Å². The Hall–Kier alpha value is -1.40. The first-order chi connectivity index (χ1) is 32.0. The van der Waals surface area contributed by atoms with Crippen molar-refractivity contribution in [2.24, 2.45) is 0 Å². The van der Waals surface area contributed by atoms with Crippen LogP contribution in [0, 0.1) is 0 Å². The summed E-state index contributed by atoms with van der Waals surface area (Å²) in [6.07, 6.45) is 65.1. The summed E-state index contributed by atoms with van der Waals surface area (Å²) in [4.78, 5) is 24.5. The van der Waals surface area contributed by atoms with Crippen LogP contribution in [0.2, 0.25) is 0 Å². The monoisotopic (exact) mass is 918 g/mol. The number of carbonyl (C=O) groups excluding carboxylic acids is 2. The molecule has 0 aliphatic rings. The molecule has 0 saturated heterocycles. The minimum absolute atomic E-state index is 0.00311. The van der Waals surface area contributed by atoms with Crippen LogP contribution in [-0.2, 0) is 14.3 Å². The number of ether oxygens (including phenoxy) is 1. The van der Waals surface area contributed by atoms with Gasteiger partial charge in [-0.25, -0.2) is 0 Å². The fraction of sp³-hybridized carbons (Fsp3) is 0.932. The molecule has 0 heterocycles. The Bertz CT molecular complexity index is 970. The number of aliphatic hydroxyl groups excluding tert-OH is 2. The zero-order valence-corrected chi connectivity index (χ0v) is 44.0. The predicted octanol–water partition coefficient (Wildman–Crippen LogP) is 18.1. The van der Waals surface area contributed by atoms with Gasteiger partial charge in [-0.1, -0.05) is 296 Å². The Morgan fingerprint density at radius 2 is 0.708 bits per heavy atom. The summed E-state index contributed by atoms with van der Waals surface area (Å²) >= 11 is 0. The Kier molecular flexibility index (Phi) is 54.0. The summed E-state index contributed by atoms with van der Waals surface area (Å²) in [5.74, 6) is -0.0803. The maximum absolute atomic E-state index is 12.5. The normalized spacial score (nSPS) is 12.6. The minimum atomic E-state index is -0.853. The number of allylic oxidation sites excluding steroid dienone is 1. The van der Waals surface area contributed by atoms with Crippen molar-refractivity contribution in [2.75, 3.05) is 13.2 Å². The van der Waals surface area contributed by atoms with Crippen LogP contribution in [0.4, 0.5) is 0 Å². The number of aliphatic hydroxyl groups is 2. The summed E-state index contributed by atoms with van der Waals surface area (Å²) in [7, 11) is 0. The van der Waals surface area contributed by atoms with Gasteiger partial charge in [0, 0.05) is 12.8 Å². The van der Waals surface area contributed by atoms with Crippen LogP contribution in [0.15, 0.2) is 12.2 Å². The highest BCUT2D eigenvalue weighted by Crippen LogP contribution is 2.17. The molecule has 386 valence electrons. The SMILES string of the molecule is CCCCCCCCCCCCCCCCCCCC/C=C/C(O)C(CO)NC(=O)CCCCCCCCCCCCCCCOC(=O)CCCCCCCCCCCCCCCCC. The molecule has 0 bridgehead atoms. The molecule has 6 heteroatoms. The van der Waals surface area contributed by atoms with Gasteiger partial charge in [0.05, 0.1) is 25.4 Å². The van der Waals surface area contributed by atoms with Gasteiger partial charge in [0.2, 0.25) is 5.91 Å². The molecule has 0 aromatic rings. The van der Waals surface area contributed by atoms with Crippen LogP contribution in [-0.4, -0.2) is 47.4 Å². The first-order valence-corrected chi connectivity index (χ1v) is 29.5. The molecule has 1 amide bonds. The zero-order chi connectivity index (χ0) is 47.2. The number of hydrogen-bond acceptors (Lipinski definition) is 5. The molecule has 2 unspecified atom stereocenters. The Morgan fingerprint density at radius 3 is 1.05 bits per heavy atom. The van der Waals surface area contributed by atoms with Crippen molar-refractivity contribution in [2.45, 2.75) is 341 Å². The van der Waals surface area contributed by atoms with Crippen molar-refractivity contribution in [1.82, 2.24) is 5.32 Å². The van der Waals surface area contributed by atoms with Crippen LogP contribution < -0.4 is 5.32 Å². The topological polar surface area (TPSA) is 95.9 Å². The summed E-state index contributed by atoms with van der Waals surface area (Å²) in [6, 6.07) is -0.637. The van der Waals surface area contributed by atoms with Gasteiger partial charge in [-0.3, -0.25) is 9.59 Å². The molecular weight excluding hydrogens is 803 g/mol. The largest absolute Gasteiger partial charge is 0.466 e. The van der Waals surface area contributed by atoms with E-state index >= 15 is 0 Å². The lowest BCUT2D eigenvalue weighted by Gasteiger charge is -2.20. The van der Waals surface area contributed by atoms with Gasteiger partial charge in [0.25, 0.3) is 0 Å².